The standard InChI is InChI=1S/C59H40N2/c1-5-18-41(19-6-1)42-22-17-29-48(36-42)61-57-31-16-15-30-52(57)54-39-49(33-35-58(54)61)60(47-27-11-4-12-28-47)50-32-34-51-53-37-43-20-13-14-21-44(43)38-55(53)59(56(51)40-50,45-23-7-2-8-24-45)46-25-9-3-10-26-46/h1-40H. The first kappa shape index (κ1) is 35.0. The van der Waals surface area contributed by atoms with E-state index in [0.717, 1.165) is 22.7 Å². The number of para-hydroxylation sites is 2. The van der Waals surface area contributed by atoms with E-state index in [4.69, 9.17) is 0 Å². The Bertz CT molecular complexity index is 3360. The third-order valence-corrected chi connectivity index (χ3v) is 12.8. The molecule has 0 amide bonds. The Balaban J connectivity index is 1.09. The maximum absolute atomic E-state index is 2.47. The second-order valence-corrected chi connectivity index (χ2v) is 16.1. The summed E-state index contributed by atoms with van der Waals surface area (Å²) < 4.78 is 2.42. The Morgan fingerprint density at radius 2 is 0.885 bits per heavy atom. The van der Waals surface area contributed by atoms with Gasteiger partial charge in [-0.2, -0.15) is 0 Å². The van der Waals surface area contributed by atoms with Gasteiger partial charge in [0, 0.05) is 33.5 Å². The maximum atomic E-state index is 2.47. The van der Waals surface area contributed by atoms with Gasteiger partial charge in [-0.3, -0.25) is 0 Å². The Kier molecular flexibility index (Phi) is 8.11. The number of anilines is 3. The molecule has 286 valence electrons. The summed E-state index contributed by atoms with van der Waals surface area (Å²) in [4.78, 5) is 2.43. The first-order valence-corrected chi connectivity index (χ1v) is 21.1. The van der Waals surface area contributed by atoms with Gasteiger partial charge >= 0.3 is 0 Å². The van der Waals surface area contributed by atoms with Gasteiger partial charge in [-0.15, -0.1) is 0 Å². The van der Waals surface area contributed by atoms with E-state index in [1.807, 2.05) is 0 Å². The summed E-state index contributed by atoms with van der Waals surface area (Å²) in [5.74, 6) is 0. The van der Waals surface area contributed by atoms with E-state index in [9.17, 15) is 0 Å². The van der Waals surface area contributed by atoms with Crippen molar-refractivity contribution in [3.05, 3.63) is 265 Å². The minimum absolute atomic E-state index is 0.540. The van der Waals surface area contributed by atoms with Crippen LogP contribution in [0.5, 0.6) is 0 Å². The molecule has 12 rings (SSSR count). The average molecular weight is 777 g/mol. The van der Waals surface area contributed by atoms with E-state index in [2.05, 4.69) is 252 Å². The molecule has 1 heterocycles. The molecule has 0 bridgehead atoms. The van der Waals surface area contributed by atoms with Crippen LogP contribution < -0.4 is 4.90 Å². The van der Waals surface area contributed by atoms with E-state index in [1.165, 1.54) is 77.1 Å². The van der Waals surface area contributed by atoms with Crippen molar-refractivity contribution in [1.82, 2.24) is 4.57 Å². The van der Waals surface area contributed by atoms with Crippen LogP contribution in [0.1, 0.15) is 22.3 Å². The van der Waals surface area contributed by atoms with Crippen molar-refractivity contribution in [2.45, 2.75) is 5.41 Å². The van der Waals surface area contributed by atoms with Crippen molar-refractivity contribution < 1.29 is 0 Å². The van der Waals surface area contributed by atoms with Gasteiger partial charge in [0.25, 0.3) is 0 Å². The minimum Gasteiger partial charge on any atom is -0.310 e. The monoisotopic (exact) mass is 776 g/mol. The molecular formula is C59H40N2. The SMILES string of the molecule is c1ccc(-c2cccc(-n3c4ccccc4c4cc(N(c5ccccc5)c5ccc6c(c5)C(c5ccccc5)(c5ccccc5)c5cc7ccccc7cc5-6)ccc43)c2)cc1. The summed E-state index contributed by atoms with van der Waals surface area (Å²) in [5, 5.41) is 4.93. The third kappa shape index (κ3) is 5.50. The summed E-state index contributed by atoms with van der Waals surface area (Å²) in [7, 11) is 0. The van der Waals surface area contributed by atoms with Gasteiger partial charge in [0.2, 0.25) is 0 Å². The lowest BCUT2D eigenvalue weighted by atomic mass is 9.67. The molecule has 61 heavy (non-hydrogen) atoms. The molecule has 1 aliphatic carbocycles. The molecule has 0 radical (unpaired) electrons. The molecule has 0 saturated heterocycles. The molecule has 0 unspecified atom stereocenters. The van der Waals surface area contributed by atoms with Crippen molar-refractivity contribution >= 4 is 49.6 Å². The highest BCUT2D eigenvalue weighted by atomic mass is 15.1. The highest BCUT2D eigenvalue weighted by molar-refractivity contribution is 6.11. The topological polar surface area (TPSA) is 8.17 Å². The number of fused-ring (bicyclic) bond motifs is 7. The van der Waals surface area contributed by atoms with Crippen LogP contribution in [0.15, 0.2) is 243 Å². The second-order valence-electron chi connectivity index (χ2n) is 16.1. The van der Waals surface area contributed by atoms with E-state index >= 15 is 0 Å². The van der Waals surface area contributed by atoms with Gasteiger partial charge in [0.05, 0.1) is 16.4 Å². The summed E-state index contributed by atoms with van der Waals surface area (Å²) in [5.41, 5.74) is 16.3. The van der Waals surface area contributed by atoms with Gasteiger partial charge < -0.3 is 9.47 Å². The Labute approximate surface area is 355 Å². The maximum Gasteiger partial charge on any atom is 0.0714 e. The number of hydrogen-bond acceptors (Lipinski definition) is 1. The van der Waals surface area contributed by atoms with E-state index in [0.29, 0.717) is 0 Å². The molecule has 0 saturated carbocycles. The first-order valence-electron chi connectivity index (χ1n) is 21.1. The largest absolute Gasteiger partial charge is 0.310 e. The molecule has 0 spiro atoms. The predicted molar refractivity (Wildman–Crippen MR) is 256 cm³/mol. The molecule has 2 heteroatoms. The third-order valence-electron chi connectivity index (χ3n) is 12.8. The van der Waals surface area contributed by atoms with Gasteiger partial charge in [-0.25, -0.2) is 0 Å². The predicted octanol–water partition coefficient (Wildman–Crippen LogP) is 15.4. The van der Waals surface area contributed by atoms with Gasteiger partial charge in [0.15, 0.2) is 0 Å². The summed E-state index contributed by atoms with van der Waals surface area (Å²) in [6.07, 6.45) is 0. The van der Waals surface area contributed by atoms with Gasteiger partial charge in [-0.05, 0) is 128 Å². The molecule has 0 N–H and O–H groups in total. The van der Waals surface area contributed by atoms with Crippen LogP contribution in [-0.2, 0) is 5.41 Å². The molecule has 0 atom stereocenters. The van der Waals surface area contributed by atoms with Crippen molar-refractivity contribution in [2.24, 2.45) is 0 Å². The van der Waals surface area contributed by atoms with Crippen LogP contribution in [0, 0.1) is 0 Å². The fourth-order valence-corrected chi connectivity index (χ4v) is 10.2. The zero-order chi connectivity index (χ0) is 40.3. The van der Waals surface area contributed by atoms with Crippen molar-refractivity contribution in [3.63, 3.8) is 0 Å². The molecule has 0 aliphatic heterocycles. The zero-order valence-corrected chi connectivity index (χ0v) is 33.5. The van der Waals surface area contributed by atoms with E-state index < -0.39 is 5.41 Å². The highest BCUT2D eigenvalue weighted by Gasteiger charge is 2.46. The minimum atomic E-state index is -0.540. The summed E-state index contributed by atoms with van der Waals surface area (Å²) in [6, 6.07) is 89.1. The van der Waals surface area contributed by atoms with Gasteiger partial charge in [-0.1, -0.05) is 170 Å². The molecular weight excluding hydrogens is 737 g/mol. The number of benzene rings is 10. The van der Waals surface area contributed by atoms with Crippen LogP contribution in [0.2, 0.25) is 0 Å². The normalized spacial score (nSPS) is 12.7. The molecule has 10 aromatic carbocycles. The molecule has 1 aromatic heterocycles. The molecule has 1 aliphatic rings. The lowest BCUT2D eigenvalue weighted by molar-refractivity contribution is 0.769. The number of aromatic nitrogens is 1. The molecule has 11 aromatic rings. The summed E-state index contributed by atoms with van der Waals surface area (Å²) >= 11 is 0. The Hall–Kier alpha value is -7.94. The molecule has 2 nitrogen and oxygen atoms in total. The van der Waals surface area contributed by atoms with E-state index in [-0.39, 0.29) is 0 Å². The van der Waals surface area contributed by atoms with Crippen molar-refractivity contribution in [3.8, 4) is 27.9 Å². The van der Waals surface area contributed by atoms with Crippen LogP contribution in [-0.4, -0.2) is 4.57 Å². The van der Waals surface area contributed by atoms with Crippen LogP contribution in [0.25, 0.3) is 60.5 Å². The van der Waals surface area contributed by atoms with Crippen molar-refractivity contribution in [2.75, 3.05) is 4.90 Å². The smallest absolute Gasteiger partial charge is 0.0714 e. The fourth-order valence-electron chi connectivity index (χ4n) is 10.2. The zero-order valence-electron chi connectivity index (χ0n) is 33.5. The average Bonchev–Trinajstić information content (AvgIpc) is 3.81. The van der Waals surface area contributed by atoms with Gasteiger partial charge in [0.1, 0.15) is 0 Å². The second kappa shape index (κ2) is 14.1. The number of rotatable bonds is 7. The lowest BCUT2D eigenvalue weighted by Crippen LogP contribution is -2.28. The lowest BCUT2D eigenvalue weighted by Gasteiger charge is -2.35. The van der Waals surface area contributed by atoms with Crippen LogP contribution in [0.3, 0.4) is 0 Å². The molecule has 0 fully saturated rings. The Morgan fingerprint density at radius 3 is 1.62 bits per heavy atom. The Morgan fingerprint density at radius 1 is 0.328 bits per heavy atom. The highest BCUT2D eigenvalue weighted by Crippen LogP contribution is 2.58. The summed E-state index contributed by atoms with van der Waals surface area (Å²) in [6.45, 7) is 0. The fraction of sp³-hybridized carbons (Fsp3) is 0.0169. The van der Waals surface area contributed by atoms with Crippen LogP contribution in [0.4, 0.5) is 17.1 Å². The van der Waals surface area contributed by atoms with E-state index in [1.54, 1.807) is 0 Å². The van der Waals surface area contributed by atoms with Crippen molar-refractivity contribution in [1.29, 1.82) is 0 Å². The quantitative estimate of drug-likeness (QED) is 0.156. The first-order chi connectivity index (χ1) is 30.3. The number of nitrogens with zero attached hydrogens (tertiary/aromatic N) is 2. The number of hydrogen-bond donors (Lipinski definition) is 0. The van der Waals surface area contributed by atoms with Crippen LogP contribution >= 0.6 is 0 Å².